The Labute approximate surface area is 222 Å². The average Bonchev–Trinajstić information content (AvgIpc) is 2.84. The van der Waals surface area contributed by atoms with Crippen LogP contribution in [0, 0.1) is 0 Å². The van der Waals surface area contributed by atoms with E-state index in [0.29, 0.717) is 11.1 Å². The lowest BCUT2D eigenvalue weighted by Crippen LogP contribution is -2.11. The monoisotopic (exact) mass is 556 g/mol. The molecule has 4 rings (SSSR count). The molecule has 0 amide bonds. The van der Waals surface area contributed by atoms with Gasteiger partial charge in [-0.25, -0.2) is 0 Å². The number of hydrogen-bond donors (Lipinski definition) is 3. The molecular weight excluding hydrogens is 528 g/mol. The highest BCUT2D eigenvalue weighted by Gasteiger charge is 2.29. The number of phenols is 1. The number of benzene rings is 4. The minimum absolute atomic E-state index is 0.0656. The summed E-state index contributed by atoms with van der Waals surface area (Å²) in [6.45, 7) is 0. The summed E-state index contributed by atoms with van der Waals surface area (Å²) in [5, 5.41) is 11.8. The topological polar surface area (TPSA) is 135 Å². The Kier molecular flexibility index (Phi) is 7.15. The molecule has 200 valence electrons. The summed E-state index contributed by atoms with van der Waals surface area (Å²) in [5.41, 5.74) is 3.23. The third-order valence-electron chi connectivity index (χ3n) is 6.44. The number of hydrogen-bond acceptors (Lipinski definition) is 7. The predicted molar refractivity (Wildman–Crippen MR) is 148 cm³/mol. The van der Waals surface area contributed by atoms with Crippen LogP contribution in [0.3, 0.4) is 0 Å². The summed E-state index contributed by atoms with van der Waals surface area (Å²) in [7, 11) is -1.91. The fourth-order valence-corrected chi connectivity index (χ4v) is 5.61. The van der Waals surface area contributed by atoms with E-state index in [1.807, 2.05) is 86.5 Å². The maximum atomic E-state index is 12.3. The Hall–Kier alpha value is -3.64. The largest absolute Gasteiger partial charge is 0.506 e. The van der Waals surface area contributed by atoms with Gasteiger partial charge in [-0.15, -0.1) is 0 Å². The third-order valence-corrected chi connectivity index (χ3v) is 8.16. The first-order chi connectivity index (χ1) is 17.7. The van der Waals surface area contributed by atoms with Crippen molar-refractivity contribution in [2.45, 2.75) is 15.7 Å². The van der Waals surface area contributed by atoms with Gasteiger partial charge in [0.25, 0.3) is 20.2 Å². The molecule has 0 aliphatic carbocycles. The number of fused-ring (bicyclic) bond motifs is 1. The highest BCUT2D eigenvalue weighted by atomic mass is 32.2. The second-order valence-electron chi connectivity index (χ2n) is 9.37. The van der Waals surface area contributed by atoms with Crippen LogP contribution in [0.5, 0.6) is 5.75 Å². The molecule has 0 fully saturated rings. The first-order valence-electron chi connectivity index (χ1n) is 11.5. The van der Waals surface area contributed by atoms with E-state index in [9.17, 15) is 31.0 Å². The molecule has 9 nitrogen and oxygen atoms in total. The zero-order chi connectivity index (χ0) is 28.0. The maximum absolute atomic E-state index is 12.3. The van der Waals surface area contributed by atoms with E-state index >= 15 is 0 Å². The Morgan fingerprint density at radius 1 is 0.658 bits per heavy atom. The fraction of sp³-hybridized carbons (Fsp3) is 0.185. The second kappa shape index (κ2) is 9.91. The van der Waals surface area contributed by atoms with Gasteiger partial charge in [-0.05, 0) is 64.4 Å². The molecule has 0 aliphatic rings. The first-order valence-corrected chi connectivity index (χ1v) is 14.4. The van der Waals surface area contributed by atoms with Crippen molar-refractivity contribution in [3.8, 4) is 5.75 Å². The van der Waals surface area contributed by atoms with Crippen LogP contribution in [0.2, 0.25) is 0 Å². The molecule has 11 heteroatoms. The maximum Gasteiger partial charge on any atom is 0.298 e. The minimum atomic E-state index is -4.85. The molecule has 0 saturated heterocycles. The molecule has 0 aromatic heterocycles. The quantitative estimate of drug-likeness (QED) is 0.224. The van der Waals surface area contributed by atoms with Crippen LogP contribution < -0.4 is 9.80 Å². The van der Waals surface area contributed by atoms with Gasteiger partial charge in [0, 0.05) is 51.0 Å². The van der Waals surface area contributed by atoms with Crippen LogP contribution in [0.4, 0.5) is 11.4 Å². The molecule has 0 bridgehead atoms. The van der Waals surface area contributed by atoms with E-state index < -0.39 is 41.7 Å². The van der Waals surface area contributed by atoms with Gasteiger partial charge >= 0.3 is 0 Å². The zero-order valence-electron chi connectivity index (χ0n) is 21.2. The smallest absolute Gasteiger partial charge is 0.298 e. The van der Waals surface area contributed by atoms with E-state index in [1.165, 1.54) is 12.1 Å². The van der Waals surface area contributed by atoms with Crippen molar-refractivity contribution in [3.05, 3.63) is 89.5 Å². The van der Waals surface area contributed by atoms with Crippen LogP contribution >= 0.6 is 0 Å². The van der Waals surface area contributed by atoms with Gasteiger partial charge in [0.1, 0.15) is 10.6 Å². The lowest BCUT2D eigenvalue weighted by atomic mass is 9.82. The van der Waals surface area contributed by atoms with Crippen LogP contribution in [-0.2, 0) is 20.2 Å². The number of nitrogens with zero attached hydrogens (tertiary/aromatic N) is 2. The van der Waals surface area contributed by atoms with Gasteiger partial charge in [-0.2, -0.15) is 16.8 Å². The molecule has 38 heavy (non-hydrogen) atoms. The molecule has 0 atom stereocenters. The normalized spacial score (nSPS) is 12.2. The van der Waals surface area contributed by atoms with Crippen LogP contribution in [0.1, 0.15) is 22.6 Å². The van der Waals surface area contributed by atoms with E-state index in [2.05, 4.69) is 0 Å². The summed E-state index contributed by atoms with van der Waals surface area (Å²) < 4.78 is 68.1. The standard InChI is InChI=1S/C27H28N2O7S2/c1-28(2)20-10-5-17(6-11-20)25(18-7-12-21(13-8-18)29(3)4)26-23-16-22(37(31,32)33)14-9-19(23)15-24(27(26)30)38(34,35)36/h5-16,25,30H,1-4H3,(H,31,32,33)(H,34,35,36). The second-order valence-corrected chi connectivity index (χ2v) is 12.2. The number of rotatable bonds is 7. The van der Waals surface area contributed by atoms with Crippen LogP contribution in [-0.4, -0.2) is 59.2 Å². The molecule has 0 saturated carbocycles. The van der Waals surface area contributed by atoms with Gasteiger partial charge in [0.15, 0.2) is 0 Å². The van der Waals surface area contributed by atoms with Crippen molar-refractivity contribution in [2.75, 3.05) is 38.0 Å². The van der Waals surface area contributed by atoms with Gasteiger partial charge in [-0.3, -0.25) is 9.11 Å². The SMILES string of the molecule is CN(C)c1ccc(C(c2ccc(N(C)C)cc2)c2c(O)c(S(=O)(=O)O)cc3ccc(S(=O)(=O)O)cc23)cc1. The third kappa shape index (κ3) is 5.32. The zero-order valence-corrected chi connectivity index (χ0v) is 22.8. The number of anilines is 2. The molecule has 0 spiro atoms. The summed E-state index contributed by atoms with van der Waals surface area (Å²) in [6, 6.07) is 19.5. The van der Waals surface area contributed by atoms with Gasteiger partial charge in [-0.1, -0.05) is 30.3 Å². The number of phenolic OH excluding ortho intramolecular Hbond substituents is 1. The van der Waals surface area contributed by atoms with Gasteiger partial charge in [0.2, 0.25) is 0 Å². The van der Waals surface area contributed by atoms with E-state index in [0.717, 1.165) is 23.5 Å². The van der Waals surface area contributed by atoms with Crippen molar-refractivity contribution in [1.29, 1.82) is 0 Å². The molecule has 0 radical (unpaired) electrons. The van der Waals surface area contributed by atoms with Gasteiger partial charge in [0.05, 0.1) is 4.90 Å². The van der Waals surface area contributed by atoms with Crippen molar-refractivity contribution in [3.63, 3.8) is 0 Å². The lowest BCUT2D eigenvalue weighted by Gasteiger charge is -2.24. The highest BCUT2D eigenvalue weighted by Crippen LogP contribution is 2.45. The summed E-state index contributed by atoms with van der Waals surface area (Å²) in [4.78, 5) is 2.69. The molecule has 3 N–H and O–H groups in total. The summed E-state index contributed by atoms with van der Waals surface area (Å²) in [6.07, 6.45) is 0. The van der Waals surface area contributed by atoms with Crippen LogP contribution in [0.15, 0.2) is 82.6 Å². The Morgan fingerprint density at radius 2 is 1.13 bits per heavy atom. The van der Waals surface area contributed by atoms with Crippen molar-refractivity contribution >= 4 is 42.4 Å². The van der Waals surface area contributed by atoms with Crippen molar-refractivity contribution < 1.29 is 31.0 Å². The number of aromatic hydroxyl groups is 1. The predicted octanol–water partition coefficient (Wildman–Crippen LogP) is 4.35. The minimum Gasteiger partial charge on any atom is -0.506 e. The first kappa shape index (κ1) is 27.4. The highest BCUT2D eigenvalue weighted by molar-refractivity contribution is 7.86. The molecule has 0 heterocycles. The van der Waals surface area contributed by atoms with E-state index in [1.54, 1.807) is 0 Å². The summed E-state index contributed by atoms with van der Waals surface area (Å²) >= 11 is 0. The fourth-order valence-electron chi connectivity index (χ4n) is 4.47. The molecule has 0 aliphatic heterocycles. The van der Waals surface area contributed by atoms with Crippen LogP contribution in [0.25, 0.3) is 10.8 Å². The molecular formula is C27H28N2O7S2. The molecule has 0 unspecified atom stereocenters. The average molecular weight is 557 g/mol. The van der Waals surface area contributed by atoms with Gasteiger partial charge < -0.3 is 14.9 Å². The molecule has 4 aromatic carbocycles. The lowest BCUT2D eigenvalue weighted by molar-refractivity contribution is 0.438. The van der Waals surface area contributed by atoms with Crippen molar-refractivity contribution in [1.82, 2.24) is 0 Å². The Morgan fingerprint density at radius 3 is 1.53 bits per heavy atom. The summed E-state index contributed by atoms with van der Waals surface area (Å²) in [5.74, 6) is -1.49. The molecule has 4 aromatic rings. The van der Waals surface area contributed by atoms with E-state index in [-0.39, 0.29) is 16.3 Å². The van der Waals surface area contributed by atoms with E-state index in [4.69, 9.17) is 0 Å². The Balaban J connectivity index is 2.14. The van der Waals surface area contributed by atoms with Crippen molar-refractivity contribution in [2.24, 2.45) is 0 Å². The Bertz CT molecular complexity index is 1660.